The van der Waals surface area contributed by atoms with E-state index < -0.39 is 49.3 Å². The zero-order valence-corrected chi connectivity index (χ0v) is 16.5. The van der Waals surface area contributed by atoms with Crippen molar-refractivity contribution in [3.8, 4) is 5.75 Å². The Morgan fingerprint density at radius 3 is 2.38 bits per heavy atom. The van der Waals surface area contributed by atoms with Crippen LogP contribution in [0.3, 0.4) is 0 Å². The SMILES string of the molecule is C=Cc1ccc(OCC(F)(F)F)c(CN(C(=O)OC(C)(C)C)C2CC(F)(F)C2)c1. The van der Waals surface area contributed by atoms with Crippen molar-refractivity contribution in [3.63, 3.8) is 0 Å². The number of alkyl halides is 5. The monoisotopic (exact) mass is 421 g/mol. The summed E-state index contributed by atoms with van der Waals surface area (Å²) in [6.45, 7) is 6.76. The van der Waals surface area contributed by atoms with Crippen molar-refractivity contribution in [1.82, 2.24) is 4.90 Å². The Balaban J connectivity index is 2.30. The molecule has 1 aromatic carbocycles. The van der Waals surface area contributed by atoms with Crippen LogP contribution in [0.1, 0.15) is 44.7 Å². The van der Waals surface area contributed by atoms with Gasteiger partial charge in [0.2, 0.25) is 0 Å². The number of benzene rings is 1. The molecule has 1 aliphatic rings. The average Bonchev–Trinajstić information content (AvgIpc) is 2.53. The Morgan fingerprint density at radius 2 is 1.90 bits per heavy atom. The van der Waals surface area contributed by atoms with Gasteiger partial charge in [0.1, 0.15) is 11.4 Å². The number of hydrogen-bond acceptors (Lipinski definition) is 3. The largest absolute Gasteiger partial charge is 0.484 e. The summed E-state index contributed by atoms with van der Waals surface area (Å²) in [4.78, 5) is 13.7. The fraction of sp³-hybridized carbons (Fsp3) is 0.550. The van der Waals surface area contributed by atoms with Crippen LogP contribution in [-0.4, -0.2) is 41.3 Å². The first-order chi connectivity index (χ1) is 13.2. The zero-order chi connectivity index (χ0) is 22.0. The second-order valence-electron chi connectivity index (χ2n) is 8.00. The van der Waals surface area contributed by atoms with E-state index in [0.717, 1.165) is 4.90 Å². The standard InChI is InChI=1S/C20H24F5NO3/c1-5-13-6-7-16(28-12-20(23,24)25)14(8-13)11-26(15-9-19(21,22)10-15)17(27)29-18(2,3)4/h5-8,15H,1,9-12H2,2-4H3. The molecular formula is C20H24F5NO3. The number of carbonyl (C=O) groups is 1. The van der Waals surface area contributed by atoms with E-state index >= 15 is 0 Å². The minimum absolute atomic E-state index is 0.0902. The van der Waals surface area contributed by atoms with E-state index in [2.05, 4.69) is 6.58 Å². The lowest BCUT2D eigenvalue weighted by Gasteiger charge is -2.42. The van der Waals surface area contributed by atoms with Crippen LogP contribution >= 0.6 is 0 Å². The second-order valence-corrected chi connectivity index (χ2v) is 8.00. The molecule has 0 N–H and O–H groups in total. The first-order valence-corrected chi connectivity index (χ1v) is 9.01. The molecule has 1 amide bonds. The molecule has 162 valence electrons. The number of hydrogen-bond donors (Lipinski definition) is 0. The van der Waals surface area contributed by atoms with E-state index in [1.54, 1.807) is 20.8 Å². The molecule has 29 heavy (non-hydrogen) atoms. The van der Waals surface area contributed by atoms with Gasteiger partial charge < -0.3 is 14.4 Å². The van der Waals surface area contributed by atoms with Gasteiger partial charge in [0.15, 0.2) is 6.61 Å². The molecule has 0 heterocycles. The van der Waals surface area contributed by atoms with Crippen molar-refractivity contribution in [1.29, 1.82) is 0 Å². The van der Waals surface area contributed by atoms with Gasteiger partial charge in [0, 0.05) is 24.4 Å². The normalized spacial score (nSPS) is 16.7. The zero-order valence-electron chi connectivity index (χ0n) is 16.5. The van der Waals surface area contributed by atoms with E-state index in [1.165, 1.54) is 24.3 Å². The van der Waals surface area contributed by atoms with Gasteiger partial charge in [-0.1, -0.05) is 18.7 Å². The van der Waals surface area contributed by atoms with Crippen LogP contribution in [0.25, 0.3) is 6.08 Å². The Morgan fingerprint density at radius 1 is 1.28 bits per heavy atom. The van der Waals surface area contributed by atoms with E-state index in [0.29, 0.717) is 5.56 Å². The highest BCUT2D eigenvalue weighted by Crippen LogP contribution is 2.42. The molecule has 0 unspecified atom stereocenters. The van der Waals surface area contributed by atoms with Gasteiger partial charge in [0.25, 0.3) is 5.92 Å². The predicted molar refractivity (Wildman–Crippen MR) is 97.8 cm³/mol. The molecule has 0 saturated heterocycles. The summed E-state index contributed by atoms with van der Waals surface area (Å²) in [5.41, 5.74) is -0.0321. The second kappa shape index (κ2) is 8.20. The fourth-order valence-corrected chi connectivity index (χ4v) is 2.85. The smallest absolute Gasteiger partial charge is 0.422 e. The minimum Gasteiger partial charge on any atom is -0.484 e. The van der Waals surface area contributed by atoms with Crippen LogP contribution in [0.4, 0.5) is 26.7 Å². The molecule has 1 aromatic rings. The lowest BCUT2D eigenvalue weighted by atomic mass is 9.86. The van der Waals surface area contributed by atoms with Crippen LogP contribution in [0.2, 0.25) is 0 Å². The first kappa shape index (κ1) is 23.0. The molecule has 4 nitrogen and oxygen atoms in total. The number of halogens is 5. The Kier molecular flexibility index (Phi) is 6.49. The molecule has 0 radical (unpaired) electrons. The summed E-state index contributed by atoms with van der Waals surface area (Å²) < 4.78 is 74.7. The molecule has 0 aromatic heterocycles. The first-order valence-electron chi connectivity index (χ1n) is 9.01. The summed E-state index contributed by atoms with van der Waals surface area (Å²) in [6.07, 6.45) is -4.95. The maximum atomic E-state index is 13.4. The highest BCUT2D eigenvalue weighted by atomic mass is 19.4. The quantitative estimate of drug-likeness (QED) is 0.545. The van der Waals surface area contributed by atoms with Crippen LogP contribution in [0.15, 0.2) is 24.8 Å². The number of amides is 1. The van der Waals surface area contributed by atoms with Crippen molar-refractivity contribution in [2.24, 2.45) is 0 Å². The summed E-state index contributed by atoms with van der Waals surface area (Å²) in [5, 5.41) is 0. The molecule has 2 rings (SSSR count). The lowest BCUT2D eigenvalue weighted by Crippen LogP contribution is -2.53. The molecule has 1 saturated carbocycles. The van der Waals surface area contributed by atoms with Crippen LogP contribution < -0.4 is 4.74 Å². The van der Waals surface area contributed by atoms with Gasteiger partial charge >= 0.3 is 12.3 Å². The van der Waals surface area contributed by atoms with Gasteiger partial charge in [-0.2, -0.15) is 13.2 Å². The van der Waals surface area contributed by atoms with Gasteiger partial charge in [-0.15, -0.1) is 0 Å². The van der Waals surface area contributed by atoms with Crippen molar-refractivity contribution >= 4 is 12.2 Å². The number of ether oxygens (including phenoxy) is 2. The van der Waals surface area contributed by atoms with E-state index in [1.807, 2.05) is 0 Å². The van der Waals surface area contributed by atoms with Crippen molar-refractivity contribution < 1.29 is 36.2 Å². The van der Waals surface area contributed by atoms with Gasteiger partial charge in [-0.25, -0.2) is 13.6 Å². The van der Waals surface area contributed by atoms with E-state index in [9.17, 15) is 26.7 Å². The number of carbonyl (C=O) groups excluding carboxylic acids is 1. The van der Waals surface area contributed by atoms with E-state index in [4.69, 9.17) is 9.47 Å². The summed E-state index contributed by atoms with van der Waals surface area (Å²) in [5.74, 6) is -2.98. The third-order valence-electron chi connectivity index (χ3n) is 4.19. The fourth-order valence-electron chi connectivity index (χ4n) is 2.85. The van der Waals surface area contributed by atoms with Crippen LogP contribution in [0.5, 0.6) is 5.75 Å². The molecule has 1 fully saturated rings. The summed E-state index contributed by atoms with van der Waals surface area (Å²) in [7, 11) is 0. The summed E-state index contributed by atoms with van der Waals surface area (Å²) in [6, 6.07) is 3.56. The topological polar surface area (TPSA) is 38.8 Å². The molecule has 0 spiro atoms. The number of nitrogens with zero attached hydrogens (tertiary/aromatic N) is 1. The molecule has 1 aliphatic carbocycles. The van der Waals surface area contributed by atoms with Crippen molar-refractivity contribution in [2.45, 2.75) is 63.9 Å². The van der Waals surface area contributed by atoms with Gasteiger partial charge in [-0.05, 0) is 38.5 Å². The highest BCUT2D eigenvalue weighted by Gasteiger charge is 2.50. The van der Waals surface area contributed by atoms with E-state index in [-0.39, 0.29) is 17.9 Å². The van der Waals surface area contributed by atoms with Crippen molar-refractivity contribution in [3.05, 3.63) is 35.9 Å². The van der Waals surface area contributed by atoms with Gasteiger partial charge in [-0.3, -0.25) is 0 Å². The maximum Gasteiger partial charge on any atom is 0.422 e. The number of rotatable bonds is 6. The Bertz CT molecular complexity index is 747. The Hall–Kier alpha value is -2.32. The molecular weight excluding hydrogens is 397 g/mol. The molecule has 0 atom stereocenters. The molecule has 0 aliphatic heterocycles. The predicted octanol–water partition coefficient (Wildman–Crippen LogP) is 5.81. The third-order valence-corrected chi connectivity index (χ3v) is 4.19. The van der Waals surface area contributed by atoms with Gasteiger partial charge in [0.05, 0.1) is 6.54 Å². The lowest BCUT2D eigenvalue weighted by molar-refractivity contribution is -0.153. The highest BCUT2D eigenvalue weighted by molar-refractivity contribution is 5.69. The Labute approximate surface area is 166 Å². The minimum atomic E-state index is -4.55. The van der Waals surface area contributed by atoms with Crippen LogP contribution in [0, 0.1) is 0 Å². The maximum absolute atomic E-state index is 13.4. The summed E-state index contributed by atoms with van der Waals surface area (Å²) >= 11 is 0. The van der Waals surface area contributed by atoms with Crippen LogP contribution in [-0.2, 0) is 11.3 Å². The molecule has 0 bridgehead atoms. The molecule has 9 heteroatoms. The van der Waals surface area contributed by atoms with Crippen molar-refractivity contribution in [2.75, 3.05) is 6.61 Å². The third kappa shape index (κ3) is 6.90. The average molecular weight is 421 g/mol.